The molecule has 2 atom stereocenters. The number of carbonyl (C=O) groups excluding carboxylic acids is 2. The van der Waals surface area contributed by atoms with Crippen molar-refractivity contribution in [2.45, 2.75) is 31.7 Å². The molecule has 2 aromatic rings. The lowest BCUT2D eigenvalue weighted by atomic mass is 9.96. The summed E-state index contributed by atoms with van der Waals surface area (Å²) in [6, 6.07) is 19.8. The molecule has 1 fully saturated rings. The Kier molecular flexibility index (Phi) is 5.49. The topological polar surface area (TPSA) is 49.4 Å². The van der Waals surface area contributed by atoms with Crippen LogP contribution in [0.25, 0.3) is 0 Å². The van der Waals surface area contributed by atoms with Crippen LogP contribution >= 0.6 is 0 Å². The molecule has 0 saturated carbocycles. The summed E-state index contributed by atoms with van der Waals surface area (Å²) in [7, 11) is 0. The van der Waals surface area contributed by atoms with Gasteiger partial charge in [-0.2, -0.15) is 0 Å². The molecule has 1 aliphatic heterocycles. The van der Waals surface area contributed by atoms with Crippen LogP contribution in [-0.4, -0.2) is 35.8 Å². The fourth-order valence-electron chi connectivity index (χ4n) is 3.49. The zero-order valence-corrected chi connectivity index (χ0v) is 14.5. The highest BCUT2D eigenvalue weighted by molar-refractivity contribution is 5.87. The molecule has 4 nitrogen and oxygen atoms in total. The monoisotopic (exact) mass is 336 g/mol. The molecule has 2 aromatic carbocycles. The molecule has 0 spiro atoms. The van der Waals surface area contributed by atoms with Crippen molar-refractivity contribution in [3.63, 3.8) is 0 Å². The van der Waals surface area contributed by atoms with Crippen molar-refractivity contribution in [3.05, 3.63) is 71.8 Å². The molecule has 0 aromatic heterocycles. The average molecular weight is 336 g/mol. The van der Waals surface area contributed by atoms with Crippen molar-refractivity contribution < 1.29 is 9.59 Å². The second-order valence-electron chi connectivity index (χ2n) is 6.56. The molecular formula is C21H24N2O2. The molecule has 1 aliphatic rings. The minimum Gasteiger partial charge on any atom is -0.354 e. The van der Waals surface area contributed by atoms with Gasteiger partial charge in [-0.1, -0.05) is 60.7 Å². The van der Waals surface area contributed by atoms with Crippen molar-refractivity contribution in [2.75, 3.05) is 13.1 Å². The SMILES string of the molecule is CC(=O)N1C[C@H](c2ccccc2)CC1C(=O)NCCc1ccccc1. The third-order valence-corrected chi connectivity index (χ3v) is 4.83. The molecule has 1 saturated heterocycles. The fourth-order valence-corrected chi connectivity index (χ4v) is 3.49. The van der Waals surface area contributed by atoms with E-state index < -0.39 is 0 Å². The Bertz CT molecular complexity index is 715. The van der Waals surface area contributed by atoms with E-state index in [1.165, 1.54) is 18.1 Å². The Morgan fingerprint density at radius 1 is 1.04 bits per heavy atom. The molecule has 0 bridgehead atoms. The zero-order chi connectivity index (χ0) is 17.6. The van der Waals surface area contributed by atoms with Gasteiger partial charge in [-0.05, 0) is 24.0 Å². The summed E-state index contributed by atoms with van der Waals surface area (Å²) in [5.74, 6) is 0.126. The molecule has 1 heterocycles. The van der Waals surface area contributed by atoms with Crippen LogP contribution in [0.4, 0.5) is 0 Å². The second kappa shape index (κ2) is 7.97. The number of hydrogen-bond acceptors (Lipinski definition) is 2. The van der Waals surface area contributed by atoms with Gasteiger partial charge in [0, 0.05) is 25.9 Å². The van der Waals surface area contributed by atoms with E-state index in [2.05, 4.69) is 29.6 Å². The third kappa shape index (κ3) is 4.27. The van der Waals surface area contributed by atoms with Gasteiger partial charge < -0.3 is 10.2 Å². The number of benzene rings is 2. The molecular weight excluding hydrogens is 312 g/mol. The Morgan fingerprint density at radius 3 is 2.32 bits per heavy atom. The van der Waals surface area contributed by atoms with Crippen molar-refractivity contribution in [1.82, 2.24) is 10.2 Å². The number of rotatable bonds is 5. The number of hydrogen-bond donors (Lipinski definition) is 1. The summed E-state index contributed by atoms with van der Waals surface area (Å²) in [5.41, 5.74) is 2.38. The lowest BCUT2D eigenvalue weighted by Crippen LogP contribution is -2.45. The van der Waals surface area contributed by atoms with Crippen LogP contribution < -0.4 is 5.32 Å². The summed E-state index contributed by atoms with van der Waals surface area (Å²) in [6.45, 7) is 2.73. The molecule has 1 N–H and O–H groups in total. The highest BCUT2D eigenvalue weighted by Gasteiger charge is 2.38. The van der Waals surface area contributed by atoms with Gasteiger partial charge in [-0.3, -0.25) is 9.59 Å². The Labute approximate surface area is 148 Å². The van der Waals surface area contributed by atoms with E-state index in [1.807, 2.05) is 36.4 Å². The summed E-state index contributed by atoms with van der Waals surface area (Å²) in [6.07, 6.45) is 1.47. The zero-order valence-electron chi connectivity index (χ0n) is 14.5. The van der Waals surface area contributed by atoms with Gasteiger partial charge in [0.15, 0.2) is 0 Å². The lowest BCUT2D eigenvalue weighted by Gasteiger charge is -2.22. The number of carbonyl (C=O) groups is 2. The molecule has 1 unspecified atom stereocenters. The van der Waals surface area contributed by atoms with Gasteiger partial charge in [0.2, 0.25) is 11.8 Å². The highest BCUT2D eigenvalue weighted by atomic mass is 16.2. The first-order chi connectivity index (χ1) is 12.1. The molecule has 4 heteroatoms. The first-order valence-electron chi connectivity index (χ1n) is 8.79. The Balaban J connectivity index is 1.60. The van der Waals surface area contributed by atoms with Crippen LogP contribution in [0.1, 0.15) is 30.4 Å². The maximum atomic E-state index is 12.6. The minimum absolute atomic E-state index is 0.0401. The largest absolute Gasteiger partial charge is 0.354 e. The van der Waals surface area contributed by atoms with Crippen molar-refractivity contribution in [2.24, 2.45) is 0 Å². The average Bonchev–Trinajstić information content (AvgIpc) is 3.09. The molecule has 0 radical (unpaired) electrons. The number of nitrogens with zero attached hydrogens (tertiary/aromatic N) is 1. The van der Waals surface area contributed by atoms with Crippen molar-refractivity contribution in [1.29, 1.82) is 0 Å². The number of nitrogens with one attached hydrogen (secondary N) is 1. The minimum atomic E-state index is -0.376. The highest BCUT2D eigenvalue weighted by Crippen LogP contribution is 2.31. The quantitative estimate of drug-likeness (QED) is 0.913. The summed E-state index contributed by atoms with van der Waals surface area (Å²) in [4.78, 5) is 26.3. The van der Waals surface area contributed by atoms with Gasteiger partial charge in [0.1, 0.15) is 6.04 Å². The predicted octanol–water partition coefficient (Wildman–Crippen LogP) is 2.75. The normalized spacial score (nSPS) is 19.6. The molecule has 3 rings (SSSR count). The van der Waals surface area contributed by atoms with Crippen LogP contribution in [-0.2, 0) is 16.0 Å². The molecule has 2 amide bonds. The van der Waals surface area contributed by atoms with E-state index >= 15 is 0 Å². The smallest absolute Gasteiger partial charge is 0.242 e. The van der Waals surface area contributed by atoms with Gasteiger partial charge in [-0.15, -0.1) is 0 Å². The van der Waals surface area contributed by atoms with Gasteiger partial charge in [0.05, 0.1) is 0 Å². The van der Waals surface area contributed by atoms with Crippen LogP contribution in [0.15, 0.2) is 60.7 Å². The van der Waals surface area contributed by atoms with E-state index in [0.29, 0.717) is 19.5 Å². The standard InChI is InChI=1S/C21H24N2O2/c1-16(24)23-15-19(18-10-6-3-7-11-18)14-20(23)21(25)22-13-12-17-8-4-2-5-9-17/h2-11,19-20H,12-15H2,1H3,(H,22,25)/t19-,20?/m1/s1. The maximum absolute atomic E-state index is 12.6. The van der Waals surface area contributed by atoms with E-state index in [9.17, 15) is 9.59 Å². The fraction of sp³-hybridized carbons (Fsp3) is 0.333. The third-order valence-electron chi connectivity index (χ3n) is 4.83. The van der Waals surface area contributed by atoms with Crippen LogP contribution in [0.2, 0.25) is 0 Å². The van der Waals surface area contributed by atoms with Crippen LogP contribution in [0, 0.1) is 0 Å². The van der Waals surface area contributed by atoms with Crippen LogP contribution in [0.3, 0.4) is 0 Å². The Hall–Kier alpha value is -2.62. The summed E-state index contributed by atoms with van der Waals surface area (Å²) in [5, 5.41) is 3.00. The maximum Gasteiger partial charge on any atom is 0.242 e. The Morgan fingerprint density at radius 2 is 1.68 bits per heavy atom. The van der Waals surface area contributed by atoms with E-state index in [4.69, 9.17) is 0 Å². The number of likely N-dealkylation sites (tertiary alicyclic amines) is 1. The molecule has 130 valence electrons. The first-order valence-corrected chi connectivity index (χ1v) is 8.79. The second-order valence-corrected chi connectivity index (χ2v) is 6.56. The van der Waals surface area contributed by atoms with Gasteiger partial charge in [0.25, 0.3) is 0 Å². The lowest BCUT2D eigenvalue weighted by molar-refractivity contribution is -0.136. The number of amides is 2. The van der Waals surface area contributed by atoms with Crippen molar-refractivity contribution >= 4 is 11.8 Å². The van der Waals surface area contributed by atoms with E-state index in [-0.39, 0.29) is 23.8 Å². The van der Waals surface area contributed by atoms with Gasteiger partial charge >= 0.3 is 0 Å². The van der Waals surface area contributed by atoms with E-state index in [1.54, 1.807) is 4.90 Å². The summed E-state index contributed by atoms with van der Waals surface area (Å²) >= 11 is 0. The van der Waals surface area contributed by atoms with Crippen molar-refractivity contribution in [3.8, 4) is 0 Å². The van der Waals surface area contributed by atoms with Gasteiger partial charge in [-0.25, -0.2) is 0 Å². The van der Waals surface area contributed by atoms with Crippen LogP contribution in [0.5, 0.6) is 0 Å². The molecule has 0 aliphatic carbocycles. The summed E-state index contributed by atoms with van der Waals surface area (Å²) < 4.78 is 0. The predicted molar refractivity (Wildman–Crippen MR) is 98.1 cm³/mol. The van der Waals surface area contributed by atoms with E-state index in [0.717, 1.165) is 6.42 Å². The molecule has 25 heavy (non-hydrogen) atoms. The first kappa shape index (κ1) is 17.2.